The first-order valence-electron chi connectivity index (χ1n) is 8.98. The number of piperazine rings is 1. The Bertz CT molecular complexity index is 640. The van der Waals surface area contributed by atoms with Gasteiger partial charge in [0.05, 0.1) is 18.1 Å². The van der Waals surface area contributed by atoms with E-state index in [1.54, 1.807) is 0 Å². The Morgan fingerprint density at radius 2 is 1.62 bits per heavy atom. The second kappa shape index (κ2) is 7.28. The quantitative estimate of drug-likeness (QED) is 0.934. The summed E-state index contributed by atoms with van der Waals surface area (Å²) in [5.41, 5.74) is 3.45. The molecule has 0 aliphatic carbocycles. The molecular formula is C19H25N5. The minimum absolute atomic E-state index is 0.951. The summed E-state index contributed by atoms with van der Waals surface area (Å²) >= 11 is 0. The van der Waals surface area contributed by atoms with E-state index in [1.165, 1.54) is 18.4 Å². The van der Waals surface area contributed by atoms with Gasteiger partial charge < -0.3 is 10.2 Å². The van der Waals surface area contributed by atoms with Crippen LogP contribution in [-0.2, 0) is 6.54 Å². The van der Waals surface area contributed by atoms with Crippen molar-refractivity contribution in [3.05, 3.63) is 42.2 Å². The minimum atomic E-state index is 0.951. The third kappa shape index (κ3) is 3.57. The molecule has 5 nitrogen and oxygen atoms in total. The van der Waals surface area contributed by atoms with E-state index in [0.717, 1.165) is 62.9 Å². The summed E-state index contributed by atoms with van der Waals surface area (Å²) < 4.78 is 0. The van der Waals surface area contributed by atoms with Crippen molar-refractivity contribution >= 4 is 5.82 Å². The molecule has 0 radical (unpaired) electrons. The third-order valence-electron chi connectivity index (χ3n) is 4.93. The molecule has 2 fully saturated rings. The highest BCUT2D eigenvalue weighted by atomic mass is 15.2. The van der Waals surface area contributed by atoms with Gasteiger partial charge in [0.15, 0.2) is 0 Å². The molecule has 0 amide bonds. The first-order chi connectivity index (χ1) is 11.9. The maximum absolute atomic E-state index is 4.62. The Morgan fingerprint density at radius 3 is 2.29 bits per heavy atom. The second-order valence-corrected chi connectivity index (χ2v) is 6.68. The fraction of sp³-hybridized carbons (Fsp3) is 0.474. The van der Waals surface area contributed by atoms with Gasteiger partial charge in [-0.25, -0.2) is 4.98 Å². The number of nitrogens with zero attached hydrogens (tertiary/aromatic N) is 4. The Labute approximate surface area is 143 Å². The summed E-state index contributed by atoms with van der Waals surface area (Å²) in [6, 6.07) is 8.76. The van der Waals surface area contributed by atoms with Crippen molar-refractivity contribution in [2.75, 3.05) is 44.2 Å². The molecule has 2 saturated heterocycles. The molecule has 1 aromatic carbocycles. The highest BCUT2D eigenvalue weighted by Gasteiger charge is 2.14. The Morgan fingerprint density at radius 1 is 0.875 bits per heavy atom. The molecule has 0 saturated carbocycles. The second-order valence-electron chi connectivity index (χ2n) is 6.68. The van der Waals surface area contributed by atoms with Crippen molar-refractivity contribution in [2.45, 2.75) is 19.4 Å². The van der Waals surface area contributed by atoms with Crippen molar-refractivity contribution in [3.63, 3.8) is 0 Å². The average Bonchev–Trinajstić information content (AvgIpc) is 3.18. The van der Waals surface area contributed by atoms with E-state index in [0.29, 0.717) is 0 Å². The summed E-state index contributed by atoms with van der Waals surface area (Å²) in [4.78, 5) is 14.0. The number of nitrogens with one attached hydrogen (secondary N) is 1. The topological polar surface area (TPSA) is 44.3 Å². The molecule has 0 atom stereocenters. The van der Waals surface area contributed by atoms with Gasteiger partial charge in [-0.15, -0.1) is 0 Å². The fourth-order valence-corrected chi connectivity index (χ4v) is 3.49. The van der Waals surface area contributed by atoms with Crippen molar-refractivity contribution in [3.8, 4) is 11.3 Å². The smallest absolute Gasteiger partial charge is 0.147 e. The molecule has 2 aromatic rings. The number of hydrogen-bond donors (Lipinski definition) is 1. The van der Waals surface area contributed by atoms with Gasteiger partial charge in [0.25, 0.3) is 0 Å². The lowest BCUT2D eigenvalue weighted by atomic mass is 10.1. The highest BCUT2D eigenvalue weighted by molar-refractivity contribution is 5.59. The van der Waals surface area contributed by atoms with Gasteiger partial charge in [-0.2, -0.15) is 0 Å². The summed E-state index contributed by atoms with van der Waals surface area (Å²) in [6.45, 7) is 7.69. The zero-order chi connectivity index (χ0) is 16.2. The number of aromatic nitrogens is 2. The van der Waals surface area contributed by atoms with Crippen LogP contribution >= 0.6 is 0 Å². The maximum atomic E-state index is 4.62. The van der Waals surface area contributed by atoms with Crippen molar-refractivity contribution in [1.82, 2.24) is 20.2 Å². The van der Waals surface area contributed by atoms with Crippen LogP contribution < -0.4 is 10.2 Å². The normalized spacial score (nSPS) is 18.9. The molecule has 126 valence electrons. The van der Waals surface area contributed by atoms with E-state index < -0.39 is 0 Å². The number of anilines is 1. The standard InChI is InChI=1S/C19H25N5/c1-2-10-24(9-1)19-14-21-18(13-22-19)17-5-3-16(4-6-17)15-23-11-7-20-8-12-23/h3-6,13-14,20H,1-2,7-12,15H2. The van der Waals surface area contributed by atoms with Crippen molar-refractivity contribution < 1.29 is 0 Å². The van der Waals surface area contributed by atoms with Crippen molar-refractivity contribution in [2.24, 2.45) is 0 Å². The molecule has 1 aromatic heterocycles. The zero-order valence-corrected chi connectivity index (χ0v) is 14.1. The molecule has 5 heteroatoms. The van der Waals surface area contributed by atoms with Crippen LogP contribution in [0.4, 0.5) is 5.82 Å². The van der Waals surface area contributed by atoms with Gasteiger partial charge in [-0.05, 0) is 18.4 Å². The van der Waals surface area contributed by atoms with Gasteiger partial charge in [0.2, 0.25) is 0 Å². The Balaban J connectivity index is 1.42. The first kappa shape index (κ1) is 15.5. The van der Waals surface area contributed by atoms with E-state index in [2.05, 4.69) is 49.4 Å². The number of hydrogen-bond acceptors (Lipinski definition) is 5. The van der Waals surface area contributed by atoms with Crippen molar-refractivity contribution in [1.29, 1.82) is 0 Å². The van der Waals surface area contributed by atoms with Gasteiger partial charge in [0.1, 0.15) is 5.82 Å². The Hall–Kier alpha value is -1.98. The van der Waals surface area contributed by atoms with Crippen LogP contribution in [0.15, 0.2) is 36.7 Å². The molecule has 2 aliphatic rings. The molecule has 0 unspecified atom stereocenters. The maximum Gasteiger partial charge on any atom is 0.147 e. The predicted octanol–water partition coefficient (Wildman–Crippen LogP) is 2.15. The van der Waals surface area contributed by atoms with Gasteiger partial charge in [-0.1, -0.05) is 24.3 Å². The largest absolute Gasteiger partial charge is 0.355 e. The summed E-state index contributed by atoms with van der Waals surface area (Å²) in [7, 11) is 0. The lowest BCUT2D eigenvalue weighted by molar-refractivity contribution is 0.233. The SMILES string of the molecule is c1cc(-c2cnc(N3CCCC3)cn2)ccc1CN1CCNCC1. The lowest BCUT2D eigenvalue weighted by Crippen LogP contribution is -2.42. The average molecular weight is 323 g/mol. The lowest BCUT2D eigenvalue weighted by Gasteiger charge is -2.27. The van der Waals surface area contributed by atoms with Crippen LogP contribution in [0.3, 0.4) is 0 Å². The van der Waals surface area contributed by atoms with Crippen LogP contribution in [0.5, 0.6) is 0 Å². The predicted molar refractivity (Wildman–Crippen MR) is 97.1 cm³/mol. The number of rotatable bonds is 4. The molecular weight excluding hydrogens is 298 g/mol. The summed E-state index contributed by atoms with van der Waals surface area (Å²) in [6.07, 6.45) is 6.34. The molecule has 0 spiro atoms. The van der Waals surface area contributed by atoms with Gasteiger partial charge in [0, 0.05) is 51.4 Å². The molecule has 24 heavy (non-hydrogen) atoms. The van der Waals surface area contributed by atoms with E-state index in [4.69, 9.17) is 0 Å². The van der Waals surface area contributed by atoms with Crippen LogP contribution in [0, 0.1) is 0 Å². The van der Waals surface area contributed by atoms with Gasteiger partial charge in [-0.3, -0.25) is 9.88 Å². The molecule has 4 rings (SSSR count). The van der Waals surface area contributed by atoms with Crippen LogP contribution in [0.25, 0.3) is 11.3 Å². The summed E-state index contributed by atoms with van der Waals surface area (Å²) in [5, 5.41) is 3.40. The van der Waals surface area contributed by atoms with Crippen LogP contribution in [0.1, 0.15) is 18.4 Å². The number of benzene rings is 1. The molecule has 0 bridgehead atoms. The Kier molecular flexibility index (Phi) is 4.71. The fourth-order valence-electron chi connectivity index (χ4n) is 3.49. The minimum Gasteiger partial charge on any atom is -0.355 e. The van der Waals surface area contributed by atoms with Crippen LogP contribution in [0.2, 0.25) is 0 Å². The zero-order valence-electron chi connectivity index (χ0n) is 14.1. The monoisotopic (exact) mass is 323 g/mol. The van der Waals surface area contributed by atoms with E-state index in [9.17, 15) is 0 Å². The molecule has 2 aliphatic heterocycles. The van der Waals surface area contributed by atoms with Gasteiger partial charge >= 0.3 is 0 Å². The molecule has 1 N–H and O–H groups in total. The summed E-state index contributed by atoms with van der Waals surface area (Å²) in [5.74, 6) is 1.01. The van der Waals surface area contributed by atoms with Crippen LogP contribution in [-0.4, -0.2) is 54.1 Å². The first-order valence-corrected chi connectivity index (χ1v) is 8.98. The van der Waals surface area contributed by atoms with E-state index in [-0.39, 0.29) is 0 Å². The third-order valence-corrected chi connectivity index (χ3v) is 4.93. The van der Waals surface area contributed by atoms with E-state index in [1.807, 2.05) is 12.4 Å². The molecule has 3 heterocycles. The van der Waals surface area contributed by atoms with E-state index >= 15 is 0 Å². The highest BCUT2D eigenvalue weighted by Crippen LogP contribution is 2.21.